The Bertz CT molecular complexity index is 837. The van der Waals surface area contributed by atoms with Gasteiger partial charge in [0.15, 0.2) is 5.76 Å². The third-order valence-corrected chi connectivity index (χ3v) is 5.61. The van der Waals surface area contributed by atoms with Gasteiger partial charge in [-0.15, -0.1) is 0 Å². The van der Waals surface area contributed by atoms with Crippen molar-refractivity contribution in [2.45, 2.75) is 19.5 Å². The van der Waals surface area contributed by atoms with Crippen LogP contribution in [0.4, 0.5) is 9.18 Å². The predicted molar refractivity (Wildman–Crippen MR) is 98.4 cm³/mol. The van der Waals surface area contributed by atoms with E-state index in [1.807, 2.05) is 24.0 Å². The van der Waals surface area contributed by atoms with Crippen LogP contribution in [0.1, 0.15) is 23.1 Å². The SMILES string of the molecule is Cc1cc(CN2C[C@@H]3CN(C(=O)N(C)C)[C@H](c4cccc(F)c4)[C@@H]3C2)on1. The van der Waals surface area contributed by atoms with Crippen LogP contribution in [0.3, 0.4) is 0 Å². The van der Waals surface area contributed by atoms with Crippen LogP contribution < -0.4 is 0 Å². The Balaban J connectivity index is 1.57. The van der Waals surface area contributed by atoms with Crippen molar-refractivity contribution in [1.82, 2.24) is 19.9 Å². The predicted octanol–water partition coefficient (Wildman–Crippen LogP) is 2.91. The van der Waals surface area contributed by atoms with Crippen LogP contribution in [0.5, 0.6) is 0 Å². The minimum Gasteiger partial charge on any atom is -0.360 e. The molecule has 27 heavy (non-hydrogen) atoms. The number of halogens is 1. The molecule has 0 aliphatic carbocycles. The standard InChI is InChI=1S/C20H25FN4O2/c1-13-7-17(27-22-13)11-24-9-15-10-25(20(26)23(2)3)19(18(15)12-24)14-5-4-6-16(21)8-14/h4-8,15,18-19H,9-12H2,1-3H3/t15-,18-,19-/m1/s1. The van der Waals surface area contributed by atoms with Crippen molar-refractivity contribution in [3.05, 3.63) is 53.2 Å². The summed E-state index contributed by atoms with van der Waals surface area (Å²) in [6, 6.07) is 8.49. The number of nitrogens with zero attached hydrogens (tertiary/aromatic N) is 4. The molecule has 0 radical (unpaired) electrons. The second-order valence-corrected chi connectivity index (χ2v) is 7.88. The molecule has 2 aliphatic rings. The third-order valence-electron chi connectivity index (χ3n) is 5.61. The Morgan fingerprint density at radius 2 is 2.11 bits per heavy atom. The van der Waals surface area contributed by atoms with E-state index in [2.05, 4.69) is 10.1 Å². The second kappa shape index (κ2) is 6.96. The van der Waals surface area contributed by atoms with E-state index in [9.17, 15) is 9.18 Å². The number of hydrogen-bond donors (Lipinski definition) is 0. The summed E-state index contributed by atoms with van der Waals surface area (Å²) in [5, 5.41) is 3.96. The molecule has 2 saturated heterocycles. The summed E-state index contributed by atoms with van der Waals surface area (Å²) in [5.41, 5.74) is 1.75. The third kappa shape index (κ3) is 3.43. The molecule has 1 aromatic heterocycles. The van der Waals surface area contributed by atoms with Gasteiger partial charge in [-0.05, 0) is 30.5 Å². The normalized spacial score (nSPS) is 25.0. The van der Waals surface area contributed by atoms with E-state index in [1.54, 1.807) is 31.1 Å². The van der Waals surface area contributed by atoms with Crippen molar-refractivity contribution in [3.8, 4) is 0 Å². The van der Waals surface area contributed by atoms with Gasteiger partial charge in [0.05, 0.1) is 18.3 Å². The molecule has 2 amide bonds. The van der Waals surface area contributed by atoms with Crippen LogP contribution in [0.15, 0.2) is 34.9 Å². The number of amides is 2. The van der Waals surface area contributed by atoms with Crippen molar-refractivity contribution >= 4 is 6.03 Å². The highest BCUT2D eigenvalue weighted by Gasteiger charge is 2.49. The van der Waals surface area contributed by atoms with E-state index in [4.69, 9.17) is 4.52 Å². The minimum atomic E-state index is -0.264. The number of rotatable bonds is 3. The van der Waals surface area contributed by atoms with Gasteiger partial charge in [-0.2, -0.15) is 0 Å². The summed E-state index contributed by atoms with van der Waals surface area (Å²) in [7, 11) is 3.52. The molecule has 0 N–H and O–H groups in total. The molecule has 3 atom stereocenters. The molecule has 2 aliphatic heterocycles. The van der Waals surface area contributed by atoms with Crippen molar-refractivity contribution in [1.29, 1.82) is 0 Å². The zero-order valence-electron chi connectivity index (χ0n) is 15.9. The Kier molecular flexibility index (Phi) is 4.63. The zero-order valence-corrected chi connectivity index (χ0v) is 15.9. The summed E-state index contributed by atoms with van der Waals surface area (Å²) in [6.07, 6.45) is 0. The Labute approximate surface area is 158 Å². The van der Waals surface area contributed by atoms with Crippen molar-refractivity contribution in [3.63, 3.8) is 0 Å². The maximum absolute atomic E-state index is 13.9. The van der Waals surface area contributed by atoms with E-state index in [1.165, 1.54) is 6.07 Å². The maximum Gasteiger partial charge on any atom is 0.320 e. The highest BCUT2D eigenvalue weighted by atomic mass is 19.1. The van der Waals surface area contributed by atoms with E-state index >= 15 is 0 Å². The van der Waals surface area contributed by atoms with E-state index in [-0.39, 0.29) is 23.8 Å². The lowest BCUT2D eigenvalue weighted by atomic mass is 9.89. The van der Waals surface area contributed by atoms with Gasteiger partial charge in [-0.25, -0.2) is 9.18 Å². The first-order valence-electron chi connectivity index (χ1n) is 9.30. The number of likely N-dealkylation sites (tertiary alicyclic amines) is 2. The minimum absolute atomic E-state index is 0.0175. The lowest BCUT2D eigenvalue weighted by Gasteiger charge is -2.31. The summed E-state index contributed by atoms with van der Waals surface area (Å²) >= 11 is 0. The monoisotopic (exact) mass is 372 g/mol. The van der Waals surface area contributed by atoms with Crippen molar-refractivity contribution in [2.24, 2.45) is 11.8 Å². The fraction of sp³-hybridized carbons (Fsp3) is 0.500. The van der Waals surface area contributed by atoms with Gasteiger partial charge in [0.2, 0.25) is 0 Å². The Morgan fingerprint density at radius 1 is 1.30 bits per heavy atom. The highest BCUT2D eigenvalue weighted by molar-refractivity contribution is 5.75. The zero-order chi connectivity index (χ0) is 19.1. The van der Waals surface area contributed by atoms with Gasteiger partial charge < -0.3 is 14.3 Å². The van der Waals surface area contributed by atoms with Crippen LogP contribution in [-0.4, -0.2) is 59.6 Å². The number of aryl methyl sites for hydroxylation is 1. The Morgan fingerprint density at radius 3 is 2.78 bits per heavy atom. The summed E-state index contributed by atoms with van der Waals surface area (Å²) in [5.74, 6) is 1.24. The molecule has 6 nitrogen and oxygen atoms in total. The molecule has 0 bridgehead atoms. The lowest BCUT2D eigenvalue weighted by Crippen LogP contribution is -2.41. The maximum atomic E-state index is 13.9. The number of benzene rings is 1. The molecular weight excluding hydrogens is 347 g/mol. The molecule has 1 aromatic carbocycles. The number of fused-ring (bicyclic) bond motifs is 1. The first kappa shape index (κ1) is 18.0. The van der Waals surface area contributed by atoms with Gasteiger partial charge in [-0.3, -0.25) is 4.90 Å². The second-order valence-electron chi connectivity index (χ2n) is 7.88. The van der Waals surface area contributed by atoms with E-state index < -0.39 is 0 Å². The topological polar surface area (TPSA) is 52.8 Å². The van der Waals surface area contributed by atoms with Gasteiger partial charge in [0, 0.05) is 45.7 Å². The molecule has 144 valence electrons. The molecule has 2 fully saturated rings. The fourth-order valence-electron chi connectivity index (χ4n) is 4.55. The average molecular weight is 372 g/mol. The number of aromatic nitrogens is 1. The first-order valence-corrected chi connectivity index (χ1v) is 9.30. The highest BCUT2D eigenvalue weighted by Crippen LogP contribution is 2.45. The van der Waals surface area contributed by atoms with Crippen LogP contribution in [0.2, 0.25) is 0 Å². The summed E-state index contributed by atoms with van der Waals surface area (Å²) < 4.78 is 19.2. The number of carbonyl (C=O) groups is 1. The van der Waals surface area contributed by atoms with Crippen molar-refractivity contribution in [2.75, 3.05) is 33.7 Å². The molecule has 7 heteroatoms. The molecule has 0 spiro atoms. The lowest BCUT2D eigenvalue weighted by molar-refractivity contribution is 0.150. The molecule has 0 unspecified atom stereocenters. The summed E-state index contributed by atoms with van der Waals surface area (Å²) in [4.78, 5) is 18.6. The van der Waals surface area contributed by atoms with E-state index in [0.29, 0.717) is 19.0 Å². The van der Waals surface area contributed by atoms with Gasteiger partial charge in [0.25, 0.3) is 0 Å². The molecule has 3 heterocycles. The van der Waals surface area contributed by atoms with Crippen LogP contribution >= 0.6 is 0 Å². The molecule has 2 aromatic rings. The number of carbonyl (C=O) groups excluding carboxylic acids is 1. The molecule has 4 rings (SSSR count). The summed E-state index contributed by atoms with van der Waals surface area (Å²) in [6.45, 7) is 5.06. The van der Waals surface area contributed by atoms with Gasteiger partial charge >= 0.3 is 6.03 Å². The van der Waals surface area contributed by atoms with Gasteiger partial charge in [-0.1, -0.05) is 17.3 Å². The van der Waals surface area contributed by atoms with Crippen LogP contribution in [0, 0.1) is 24.6 Å². The van der Waals surface area contributed by atoms with E-state index in [0.717, 1.165) is 30.1 Å². The van der Waals surface area contributed by atoms with Crippen molar-refractivity contribution < 1.29 is 13.7 Å². The smallest absolute Gasteiger partial charge is 0.320 e. The molecule has 0 saturated carbocycles. The quantitative estimate of drug-likeness (QED) is 0.831. The molecular formula is C20H25FN4O2. The van der Waals surface area contributed by atoms with Crippen LogP contribution in [0.25, 0.3) is 0 Å². The van der Waals surface area contributed by atoms with Gasteiger partial charge in [0.1, 0.15) is 5.82 Å². The Hall–Kier alpha value is -2.41. The largest absolute Gasteiger partial charge is 0.360 e. The average Bonchev–Trinajstić information content (AvgIpc) is 3.28. The number of hydrogen-bond acceptors (Lipinski definition) is 4. The fourth-order valence-corrected chi connectivity index (χ4v) is 4.55. The first-order chi connectivity index (χ1) is 12.9. The number of urea groups is 1. The van der Waals surface area contributed by atoms with Crippen LogP contribution in [-0.2, 0) is 6.54 Å².